The van der Waals surface area contributed by atoms with Crippen molar-refractivity contribution in [2.45, 2.75) is 76.9 Å². The normalized spacial score (nSPS) is 12.6. The van der Waals surface area contributed by atoms with Crippen LogP contribution in [0.4, 0.5) is 0 Å². The van der Waals surface area contributed by atoms with Gasteiger partial charge in [-0.15, -0.1) is 12.4 Å². The molecule has 2 rings (SSSR count). The molecule has 0 unspecified atom stereocenters. The fourth-order valence-corrected chi connectivity index (χ4v) is 5.36. The smallest absolute Gasteiger partial charge is 0.243 e. The van der Waals surface area contributed by atoms with Crippen molar-refractivity contribution in [3.05, 3.63) is 64.7 Å². The second-order valence-corrected chi connectivity index (χ2v) is 12.1. The number of hydrogen-bond donors (Lipinski definition) is 7. The zero-order valence-corrected chi connectivity index (χ0v) is 29.0. The molecule has 4 amide bonds. The van der Waals surface area contributed by atoms with E-state index in [-0.39, 0.29) is 49.0 Å². The van der Waals surface area contributed by atoms with Gasteiger partial charge in [-0.3, -0.25) is 19.2 Å². The largest absolute Gasteiger partial charge is 0.508 e. The molecule has 0 aliphatic rings. The monoisotopic (exact) mass is 698 g/mol. The summed E-state index contributed by atoms with van der Waals surface area (Å²) in [4.78, 5) is 52.3. The maximum atomic E-state index is 13.2. The molecule has 3 atom stereocenters. The Kier molecular flexibility index (Phi) is 21.2. The predicted molar refractivity (Wildman–Crippen MR) is 189 cm³/mol. The Morgan fingerprint density at radius 3 is 2.15 bits per heavy atom. The first-order valence-electron chi connectivity index (χ1n) is 15.8. The number of benzene rings is 2. The van der Waals surface area contributed by atoms with E-state index >= 15 is 0 Å². The van der Waals surface area contributed by atoms with Crippen LogP contribution in [0.15, 0.2) is 42.5 Å². The molecule has 0 saturated carbocycles. The standard InChI is InChI=1S/C33H49N5O6S.ClH.H2O/c1-22-17-25(40)18-23(2)26(22)20-27(34)31(42)38-28(13-16-45-3)32(43)36-21-30(41)37-29(19-24-11-7-6-8-12-24)33(44)35-14-9-4-5-10-15-39;;/h6-8,11-12,17-18,27-29,39-40H,4-5,9-10,13-16,19-21,34H2,1-3H3,(H,35,44)(H,36,43)(H,37,41)(H,38,42);1H;1H2/t27-,28-,29-;;/m0../s1/i/hD. The molecule has 0 aliphatic heterocycles. The highest BCUT2D eigenvalue weighted by Gasteiger charge is 2.26. The van der Waals surface area contributed by atoms with Gasteiger partial charge in [0.1, 0.15) is 19.2 Å². The first-order valence-corrected chi connectivity index (χ1v) is 16.7. The number of aryl methyl sites for hydroxylation is 2. The molecule has 2 aromatic carbocycles. The molecule has 0 saturated heterocycles. The van der Waals surface area contributed by atoms with Gasteiger partial charge >= 0.3 is 0 Å². The number of carbonyl (C=O) groups is 4. The van der Waals surface area contributed by atoms with Gasteiger partial charge in [-0.1, -0.05) is 43.2 Å². The van der Waals surface area contributed by atoms with E-state index in [1.54, 1.807) is 12.1 Å². The average Bonchev–Trinajstić information content (AvgIpc) is 3.03. The Bertz CT molecular complexity index is 1260. The van der Waals surface area contributed by atoms with Crippen molar-refractivity contribution >= 4 is 47.8 Å². The molecule has 14 heteroatoms. The topological polar surface area (TPSA) is 214 Å². The minimum Gasteiger partial charge on any atom is -0.508 e. The highest BCUT2D eigenvalue weighted by atomic mass is 35.5. The lowest BCUT2D eigenvalue weighted by atomic mass is 9.96. The third-order valence-corrected chi connectivity index (χ3v) is 8.03. The number of unbranched alkanes of at least 4 members (excludes halogenated alkanes) is 3. The summed E-state index contributed by atoms with van der Waals surface area (Å²) in [5, 5.41) is 29.7. The van der Waals surface area contributed by atoms with Crippen LogP contribution in [0.3, 0.4) is 0 Å². The van der Waals surface area contributed by atoms with Gasteiger partial charge in [0.15, 0.2) is 0 Å². The molecule has 0 aromatic heterocycles. The van der Waals surface area contributed by atoms with Crippen molar-refractivity contribution in [3.63, 3.8) is 0 Å². The highest BCUT2D eigenvalue weighted by Crippen LogP contribution is 2.22. The maximum absolute atomic E-state index is 13.2. The lowest BCUT2D eigenvalue weighted by molar-refractivity contribution is -0.131. The van der Waals surface area contributed by atoms with Crippen molar-refractivity contribution in [1.29, 1.82) is 0 Å². The number of amides is 4. The van der Waals surface area contributed by atoms with Crippen LogP contribution in [0.2, 0.25) is 1.41 Å². The van der Waals surface area contributed by atoms with Crippen LogP contribution in [-0.4, -0.2) is 89.1 Å². The summed E-state index contributed by atoms with van der Waals surface area (Å²) in [6.45, 7) is 3.82. The summed E-state index contributed by atoms with van der Waals surface area (Å²) in [6, 6.07) is 9.73. The number of rotatable bonds is 21. The van der Waals surface area contributed by atoms with Gasteiger partial charge in [0.05, 0.1) is 12.6 Å². The molecule has 10 N–H and O–H groups in total. The maximum Gasteiger partial charge on any atom is 0.243 e. The Morgan fingerprint density at radius 1 is 0.894 bits per heavy atom. The molecule has 264 valence electrons. The minimum atomic E-state index is -0.957. The number of hydrogen-bond acceptors (Lipinski definition) is 8. The zero-order chi connectivity index (χ0) is 33.9. The molecule has 0 spiro atoms. The van der Waals surface area contributed by atoms with Crippen molar-refractivity contribution < 1.29 is 36.3 Å². The van der Waals surface area contributed by atoms with Gasteiger partial charge in [0.25, 0.3) is 0 Å². The molecule has 0 radical (unpaired) electrons. The number of phenolic OH excluding ortho intramolecular Hbond substituents is 1. The van der Waals surface area contributed by atoms with Crippen molar-refractivity contribution in [3.8, 4) is 5.75 Å². The number of halogens is 1. The number of aliphatic hydroxyl groups excluding tert-OH is 1. The van der Waals surface area contributed by atoms with Crippen LogP contribution in [0.5, 0.6) is 5.75 Å². The van der Waals surface area contributed by atoms with Crippen LogP contribution in [-0.2, 0) is 32.0 Å². The predicted octanol–water partition coefficient (Wildman–Crippen LogP) is 1.23. The Hall–Kier alpha value is -3.36. The van der Waals surface area contributed by atoms with Gasteiger partial charge in [-0.2, -0.15) is 11.8 Å². The van der Waals surface area contributed by atoms with Crippen molar-refractivity contribution in [2.24, 2.45) is 5.73 Å². The molecule has 47 heavy (non-hydrogen) atoms. The van der Waals surface area contributed by atoms with E-state index in [1.807, 2.05) is 50.4 Å². The van der Waals surface area contributed by atoms with Crippen LogP contribution in [0, 0.1) is 13.8 Å². The number of phenols is 1. The Morgan fingerprint density at radius 2 is 1.53 bits per heavy atom. The number of aliphatic hydroxyl groups is 1. The van der Waals surface area contributed by atoms with E-state index in [0.717, 1.165) is 47.9 Å². The number of aromatic hydroxyl groups is 1. The fraction of sp³-hybridized carbons (Fsp3) is 0.515. The van der Waals surface area contributed by atoms with Gasteiger partial charge in [-0.05, 0) is 85.9 Å². The van der Waals surface area contributed by atoms with E-state index in [4.69, 9.17) is 6.52 Å². The van der Waals surface area contributed by atoms with Gasteiger partial charge in [-0.25, -0.2) is 0 Å². The summed E-state index contributed by atoms with van der Waals surface area (Å²) in [5.74, 6) is -1.28. The van der Waals surface area contributed by atoms with E-state index < -0.39 is 42.4 Å². The lowest BCUT2D eigenvalue weighted by Gasteiger charge is -2.22. The molecule has 0 fully saturated rings. The summed E-state index contributed by atoms with van der Waals surface area (Å²) in [7, 11) is 0. The van der Waals surface area contributed by atoms with E-state index in [1.165, 1.54) is 11.8 Å². The summed E-state index contributed by atoms with van der Waals surface area (Å²) in [5.41, 5.74) is 5.52. The summed E-state index contributed by atoms with van der Waals surface area (Å²) >= 11 is 1.50. The zero-order valence-electron chi connectivity index (χ0n) is 28.4. The van der Waals surface area contributed by atoms with E-state index in [0.29, 0.717) is 18.7 Å². The molecule has 0 heterocycles. The van der Waals surface area contributed by atoms with Crippen molar-refractivity contribution in [1.82, 2.24) is 21.3 Å². The van der Waals surface area contributed by atoms with Gasteiger partial charge in [0, 0.05) is 19.6 Å². The van der Waals surface area contributed by atoms with Crippen LogP contribution >= 0.6 is 24.2 Å². The minimum absolute atomic E-state index is 0. The highest BCUT2D eigenvalue weighted by molar-refractivity contribution is 7.98. The Labute approximate surface area is 289 Å². The summed E-state index contributed by atoms with van der Waals surface area (Å²) in [6.07, 6.45) is 5.83. The number of thioether (sulfide) groups is 1. The molecule has 2 aromatic rings. The number of nitrogens with one attached hydrogen (secondary N) is 4. The molecule has 12 nitrogen and oxygen atoms in total. The van der Waals surface area contributed by atoms with E-state index in [9.17, 15) is 24.3 Å². The number of nitrogens with two attached hydrogens (primary N) is 1. The van der Waals surface area contributed by atoms with Gasteiger partial charge < -0.3 is 42.7 Å². The van der Waals surface area contributed by atoms with Crippen LogP contribution in [0.1, 0.15) is 54.4 Å². The second kappa shape index (κ2) is 23.9. The third kappa shape index (κ3) is 16.3. The van der Waals surface area contributed by atoms with Crippen LogP contribution < -0.4 is 27.0 Å². The van der Waals surface area contributed by atoms with E-state index in [2.05, 4.69) is 27.0 Å². The average molecular weight is 699 g/mol. The molecule has 0 aliphatic carbocycles. The fourth-order valence-electron chi connectivity index (χ4n) is 4.89. The SMILES string of the molecule is Cl.O.[2H]N[C@@H](Cc1c(C)cc(O)cc1C)C(=O)N[C@@H](CCSC)C(=O)NCC(=O)N[C@@H](Cc1ccccc1)C(=O)NCCCCCCO. The first-order chi connectivity index (χ1) is 22.1. The lowest BCUT2D eigenvalue weighted by Crippen LogP contribution is -2.54. The first kappa shape index (κ1) is 41.7. The molecular formula is C33H52ClN5O7S. The van der Waals surface area contributed by atoms with Crippen LogP contribution in [0.25, 0.3) is 0 Å². The second-order valence-electron chi connectivity index (χ2n) is 11.1. The summed E-state index contributed by atoms with van der Waals surface area (Å²) < 4.78 is 7.75. The van der Waals surface area contributed by atoms with Gasteiger partial charge in [0.2, 0.25) is 23.6 Å². The number of carbonyl (C=O) groups excluding carboxylic acids is 4. The molecule has 0 bridgehead atoms. The third-order valence-electron chi connectivity index (χ3n) is 7.39. The van der Waals surface area contributed by atoms with Crippen molar-refractivity contribution in [2.75, 3.05) is 31.7 Å². The quantitative estimate of drug-likeness (QED) is 0.0939. The molecular weight excluding hydrogens is 646 g/mol. The Balaban J connectivity index is 0.0000110.